The number of ether oxygens (including phenoxy) is 1. The van der Waals surface area contributed by atoms with E-state index in [9.17, 15) is 22.8 Å². The van der Waals surface area contributed by atoms with Gasteiger partial charge in [0.2, 0.25) is 5.91 Å². The highest BCUT2D eigenvalue weighted by molar-refractivity contribution is 5.82. The molecule has 0 bridgehead atoms. The summed E-state index contributed by atoms with van der Waals surface area (Å²) in [5.41, 5.74) is 0. The summed E-state index contributed by atoms with van der Waals surface area (Å²) in [4.78, 5) is 23.3. The lowest BCUT2D eigenvalue weighted by Crippen LogP contribution is -2.38. The Morgan fingerprint density at radius 1 is 1.33 bits per heavy atom. The van der Waals surface area contributed by atoms with Crippen LogP contribution in [0.2, 0.25) is 0 Å². The predicted octanol–water partition coefficient (Wildman–Crippen LogP) is 1.03. The highest BCUT2D eigenvalue weighted by Crippen LogP contribution is 2.27. The molecule has 0 aromatic carbocycles. The Bertz CT molecular complexity index is 315. The summed E-state index contributed by atoms with van der Waals surface area (Å²) in [6.45, 7) is -2.17. The van der Waals surface area contributed by atoms with Crippen molar-refractivity contribution in [3.05, 3.63) is 0 Å². The fourth-order valence-electron chi connectivity index (χ4n) is 1.44. The zero-order valence-electron chi connectivity index (χ0n) is 9.57. The number of rotatable bonds is 7. The third-order valence-electron chi connectivity index (χ3n) is 2.34. The minimum absolute atomic E-state index is 0.0868. The molecule has 8 heteroatoms. The lowest BCUT2D eigenvalue weighted by atomic mass is 10.3. The van der Waals surface area contributed by atoms with Crippen molar-refractivity contribution in [1.82, 2.24) is 4.90 Å². The monoisotopic (exact) mass is 269 g/mol. The molecular formula is C10H14F3NO4. The molecule has 1 aliphatic rings. The Labute approximate surface area is 102 Å². The molecular weight excluding hydrogens is 255 g/mol. The average Bonchev–Trinajstić information content (AvgIpc) is 3.02. The van der Waals surface area contributed by atoms with Gasteiger partial charge in [-0.1, -0.05) is 0 Å². The van der Waals surface area contributed by atoms with Gasteiger partial charge in [-0.15, -0.1) is 0 Å². The van der Waals surface area contributed by atoms with Gasteiger partial charge in [0.15, 0.2) is 0 Å². The first kappa shape index (κ1) is 14.7. The number of amides is 1. The third kappa shape index (κ3) is 5.85. The van der Waals surface area contributed by atoms with Crippen LogP contribution in [-0.4, -0.2) is 53.9 Å². The maximum Gasteiger partial charge on any atom is 0.411 e. The molecule has 0 atom stereocenters. The van der Waals surface area contributed by atoms with E-state index in [2.05, 4.69) is 4.74 Å². The molecule has 1 amide bonds. The molecule has 1 N–H and O–H groups in total. The zero-order valence-corrected chi connectivity index (χ0v) is 9.57. The van der Waals surface area contributed by atoms with E-state index >= 15 is 0 Å². The second-order valence-electron chi connectivity index (χ2n) is 4.06. The van der Waals surface area contributed by atoms with Crippen LogP contribution < -0.4 is 0 Å². The lowest BCUT2D eigenvalue weighted by Gasteiger charge is -2.20. The summed E-state index contributed by atoms with van der Waals surface area (Å²) >= 11 is 0. The number of carboxylic acids is 1. The molecule has 1 saturated carbocycles. The van der Waals surface area contributed by atoms with E-state index in [1.54, 1.807) is 0 Å². The minimum atomic E-state index is -4.42. The number of nitrogens with zero attached hydrogens (tertiary/aromatic N) is 1. The number of halogens is 3. The van der Waals surface area contributed by atoms with Crippen molar-refractivity contribution in [3.63, 3.8) is 0 Å². The van der Waals surface area contributed by atoms with Crippen molar-refractivity contribution in [2.45, 2.75) is 31.5 Å². The number of hydrogen-bond donors (Lipinski definition) is 1. The van der Waals surface area contributed by atoms with Crippen LogP contribution in [0.3, 0.4) is 0 Å². The maximum absolute atomic E-state index is 11.8. The molecule has 1 rings (SSSR count). The fourth-order valence-corrected chi connectivity index (χ4v) is 1.44. The highest BCUT2D eigenvalue weighted by atomic mass is 19.4. The largest absolute Gasteiger partial charge is 0.480 e. The van der Waals surface area contributed by atoms with Crippen LogP contribution in [0.25, 0.3) is 0 Å². The molecule has 1 aliphatic carbocycles. The van der Waals surface area contributed by atoms with Gasteiger partial charge in [-0.2, -0.15) is 13.2 Å². The Kier molecular flexibility index (Phi) is 4.94. The van der Waals surface area contributed by atoms with Gasteiger partial charge in [0.1, 0.15) is 13.2 Å². The number of alkyl halides is 3. The van der Waals surface area contributed by atoms with Gasteiger partial charge in [0.05, 0.1) is 13.0 Å². The van der Waals surface area contributed by atoms with Crippen LogP contribution in [0.4, 0.5) is 13.2 Å². The van der Waals surface area contributed by atoms with Gasteiger partial charge in [-0.3, -0.25) is 9.59 Å². The van der Waals surface area contributed by atoms with Crippen molar-refractivity contribution in [1.29, 1.82) is 0 Å². The van der Waals surface area contributed by atoms with Crippen molar-refractivity contribution in [2.75, 3.05) is 19.8 Å². The SMILES string of the molecule is O=C(O)CN(C(=O)CCOCC(F)(F)F)C1CC1. The summed E-state index contributed by atoms with van der Waals surface area (Å²) in [6.07, 6.45) is -3.18. The van der Waals surface area contributed by atoms with Gasteiger partial charge in [0.25, 0.3) is 0 Å². The van der Waals surface area contributed by atoms with Crippen LogP contribution in [0.5, 0.6) is 0 Å². The molecule has 104 valence electrons. The van der Waals surface area contributed by atoms with Crippen LogP contribution in [0, 0.1) is 0 Å². The van der Waals surface area contributed by atoms with Crippen molar-refractivity contribution in [3.8, 4) is 0 Å². The molecule has 18 heavy (non-hydrogen) atoms. The molecule has 0 aromatic heterocycles. The van der Waals surface area contributed by atoms with Gasteiger partial charge in [-0.05, 0) is 12.8 Å². The molecule has 5 nitrogen and oxygen atoms in total. The van der Waals surface area contributed by atoms with E-state index in [0.717, 1.165) is 12.8 Å². The quantitative estimate of drug-likeness (QED) is 0.701. The highest BCUT2D eigenvalue weighted by Gasteiger charge is 2.33. The first-order chi connectivity index (χ1) is 8.29. The van der Waals surface area contributed by atoms with E-state index in [4.69, 9.17) is 5.11 Å². The van der Waals surface area contributed by atoms with E-state index in [-0.39, 0.29) is 19.1 Å². The topological polar surface area (TPSA) is 66.8 Å². The van der Waals surface area contributed by atoms with E-state index in [0.29, 0.717) is 0 Å². The first-order valence-electron chi connectivity index (χ1n) is 5.45. The predicted molar refractivity (Wildman–Crippen MR) is 53.9 cm³/mol. The summed E-state index contributed by atoms with van der Waals surface area (Å²) in [6, 6.07) is -0.0868. The number of aliphatic carboxylic acids is 1. The van der Waals surface area contributed by atoms with Crippen molar-refractivity contribution >= 4 is 11.9 Å². The first-order valence-corrected chi connectivity index (χ1v) is 5.45. The van der Waals surface area contributed by atoms with Crippen molar-refractivity contribution in [2.24, 2.45) is 0 Å². The standard InChI is InChI=1S/C10H14F3NO4/c11-10(12,13)6-18-4-3-8(15)14(5-9(16)17)7-1-2-7/h7H,1-6H2,(H,16,17). The third-order valence-corrected chi connectivity index (χ3v) is 2.34. The Morgan fingerprint density at radius 2 is 1.94 bits per heavy atom. The molecule has 0 aliphatic heterocycles. The normalized spacial score (nSPS) is 15.5. The number of carbonyl (C=O) groups is 2. The van der Waals surface area contributed by atoms with Gasteiger partial charge >= 0.3 is 12.1 Å². The molecule has 0 heterocycles. The van der Waals surface area contributed by atoms with Crippen LogP contribution >= 0.6 is 0 Å². The minimum Gasteiger partial charge on any atom is -0.480 e. The van der Waals surface area contributed by atoms with Gasteiger partial charge in [-0.25, -0.2) is 0 Å². The lowest BCUT2D eigenvalue weighted by molar-refractivity contribution is -0.175. The van der Waals surface area contributed by atoms with E-state index < -0.39 is 31.2 Å². The van der Waals surface area contributed by atoms with E-state index in [1.165, 1.54) is 4.90 Å². The summed E-state index contributed by atoms with van der Waals surface area (Å²) in [7, 11) is 0. The van der Waals surface area contributed by atoms with Crippen molar-refractivity contribution < 1.29 is 32.6 Å². The van der Waals surface area contributed by atoms with Crippen LogP contribution in [0.15, 0.2) is 0 Å². The second-order valence-corrected chi connectivity index (χ2v) is 4.06. The van der Waals surface area contributed by atoms with Gasteiger partial charge in [0, 0.05) is 6.04 Å². The number of hydrogen-bond acceptors (Lipinski definition) is 3. The smallest absolute Gasteiger partial charge is 0.411 e. The second kappa shape index (κ2) is 6.03. The number of carboxylic acid groups (broad SMARTS) is 1. The Morgan fingerprint density at radius 3 is 2.39 bits per heavy atom. The Hall–Kier alpha value is -1.31. The van der Waals surface area contributed by atoms with Crippen LogP contribution in [-0.2, 0) is 14.3 Å². The zero-order chi connectivity index (χ0) is 13.8. The molecule has 1 fully saturated rings. The van der Waals surface area contributed by atoms with Crippen LogP contribution in [0.1, 0.15) is 19.3 Å². The maximum atomic E-state index is 11.8. The fraction of sp³-hybridized carbons (Fsp3) is 0.800. The number of carbonyl (C=O) groups excluding carboxylic acids is 1. The molecule has 0 radical (unpaired) electrons. The van der Waals surface area contributed by atoms with Gasteiger partial charge < -0.3 is 14.7 Å². The molecule has 0 spiro atoms. The summed E-state index contributed by atoms with van der Waals surface area (Å²) in [5, 5.41) is 8.61. The average molecular weight is 269 g/mol. The summed E-state index contributed by atoms with van der Waals surface area (Å²) < 4.78 is 39.6. The molecule has 0 aromatic rings. The van der Waals surface area contributed by atoms with E-state index in [1.807, 2.05) is 0 Å². The molecule has 0 unspecified atom stereocenters. The Balaban J connectivity index is 2.27. The summed E-state index contributed by atoms with van der Waals surface area (Å²) in [5.74, 6) is -1.62. The molecule has 0 saturated heterocycles.